The molecule has 1 saturated carbocycles. The van der Waals surface area contributed by atoms with Crippen LogP contribution < -0.4 is 10.5 Å². The number of rotatable bonds is 4. The number of carbonyl (C=O) groups is 1. The average Bonchev–Trinajstić information content (AvgIpc) is 3.34. The topological polar surface area (TPSA) is 103 Å². The number of nitrogens with zero attached hydrogens (tertiary/aromatic N) is 3. The number of carbonyl (C=O) groups excluding carboxylic acids is 1. The number of hydrogen-bond donors (Lipinski definition) is 2. The van der Waals surface area contributed by atoms with Gasteiger partial charge >= 0.3 is 6.61 Å². The SMILES string of the molecule is CC1(O)CC(N)(c2ncc(-c3ccc4nc5n(c4c3)[C@@H]3C[C@H]5CC(=O)c4cccc(OC(F)F)c43)cc2F)C1. The number of fused-ring (bicyclic) bond motifs is 9. The number of aliphatic hydroxyl groups is 1. The van der Waals surface area contributed by atoms with E-state index >= 15 is 4.39 Å². The molecule has 0 radical (unpaired) electrons. The summed E-state index contributed by atoms with van der Waals surface area (Å²) in [5.74, 6) is -0.121. The van der Waals surface area contributed by atoms with E-state index in [1.807, 2.05) is 22.8 Å². The summed E-state index contributed by atoms with van der Waals surface area (Å²) in [5, 5.41) is 10.1. The van der Waals surface area contributed by atoms with Crippen molar-refractivity contribution in [1.82, 2.24) is 14.5 Å². The summed E-state index contributed by atoms with van der Waals surface area (Å²) >= 11 is 0. The number of benzene rings is 2. The Hall–Kier alpha value is -3.76. The van der Waals surface area contributed by atoms with Crippen molar-refractivity contribution < 1.29 is 27.8 Å². The molecule has 3 heterocycles. The van der Waals surface area contributed by atoms with E-state index in [9.17, 15) is 18.7 Å². The fourth-order valence-electron chi connectivity index (χ4n) is 6.91. The molecule has 10 heteroatoms. The first kappa shape index (κ1) is 24.3. The maximum absolute atomic E-state index is 15.2. The Balaban J connectivity index is 1.32. The number of nitrogens with two attached hydrogens (primary N) is 1. The normalized spacial score (nSPS) is 27.3. The van der Waals surface area contributed by atoms with Gasteiger partial charge in [0.05, 0.1) is 33.9 Å². The maximum Gasteiger partial charge on any atom is 0.387 e. The first-order valence-corrected chi connectivity index (χ1v) is 12.8. The van der Waals surface area contributed by atoms with Gasteiger partial charge in [-0.25, -0.2) is 9.37 Å². The van der Waals surface area contributed by atoms with E-state index < -0.39 is 29.6 Å². The number of Topliss-reactive ketones (excluding diaryl/α,β-unsaturated/α-hetero) is 1. The van der Waals surface area contributed by atoms with Gasteiger partial charge in [0.25, 0.3) is 0 Å². The van der Waals surface area contributed by atoms with Gasteiger partial charge in [-0.1, -0.05) is 18.2 Å². The number of ether oxygens (including phenoxy) is 1. The molecule has 3 N–H and O–H groups in total. The molecule has 2 atom stereocenters. The van der Waals surface area contributed by atoms with Crippen molar-refractivity contribution in [1.29, 1.82) is 0 Å². The number of imidazole rings is 1. The molecule has 0 unspecified atom stereocenters. The number of pyridine rings is 1. The van der Waals surface area contributed by atoms with Gasteiger partial charge in [0, 0.05) is 35.2 Å². The highest BCUT2D eigenvalue weighted by atomic mass is 19.3. The number of hydrogen-bond acceptors (Lipinski definition) is 6. The van der Waals surface area contributed by atoms with Crippen LogP contribution in [0.5, 0.6) is 5.75 Å². The zero-order valence-electron chi connectivity index (χ0n) is 21.0. The van der Waals surface area contributed by atoms with Crippen LogP contribution in [0, 0.1) is 5.82 Å². The first-order valence-electron chi connectivity index (χ1n) is 12.8. The van der Waals surface area contributed by atoms with Crippen LogP contribution in [0.3, 0.4) is 0 Å². The Morgan fingerprint density at radius 1 is 1.18 bits per heavy atom. The summed E-state index contributed by atoms with van der Waals surface area (Å²) in [6.07, 6.45) is 2.77. The maximum atomic E-state index is 15.2. The van der Waals surface area contributed by atoms with Gasteiger partial charge < -0.3 is 20.1 Å². The molecule has 7 rings (SSSR count). The molecule has 7 nitrogen and oxygen atoms in total. The number of ketones is 1. The molecule has 1 aliphatic heterocycles. The summed E-state index contributed by atoms with van der Waals surface area (Å²) < 4.78 is 48.6. The summed E-state index contributed by atoms with van der Waals surface area (Å²) in [6, 6.07) is 11.2. The Bertz CT molecular complexity index is 1670. The van der Waals surface area contributed by atoms with E-state index in [2.05, 4.69) is 4.98 Å². The second-order valence-electron chi connectivity index (χ2n) is 11.3. The zero-order valence-corrected chi connectivity index (χ0v) is 21.0. The van der Waals surface area contributed by atoms with E-state index in [0.29, 0.717) is 34.2 Å². The van der Waals surface area contributed by atoms with Gasteiger partial charge in [0.2, 0.25) is 0 Å². The molecule has 2 aliphatic carbocycles. The minimum atomic E-state index is -3.03. The second kappa shape index (κ2) is 8.12. The zero-order chi connectivity index (χ0) is 27.3. The molecule has 0 spiro atoms. The summed E-state index contributed by atoms with van der Waals surface area (Å²) in [6.45, 7) is -1.36. The summed E-state index contributed by atoms with van der Waals surface area (Å²) in [4.78, 5) is 22.2. The van der Waals surface area contributed by atoms with Crippen molar-refractivity contribution in [3.05, 3.63) is 77.1 Å². The van der Waals surface area contributed by atoms with Crippen LogP contribution in [0.15, 0.2) is 48.7 Å². The predicted octanol–water partition coefficient (Wildman–Crippen LogP) is 5.20. The third-order valence-corrected chi connectivity index (χ3v) is 8.29. The molecular weight excluding hydrogens is 509 g/mol. The summed E-state index contributed by atoms with van der Waals surface area (Å²) in [5.41, 5.74) is 7.99. The molecule has 2 bridgehead atoms. The second-order valence-corrected chi connectivity index (χ2v) is 11.3. The molecule has 4 aromatic rings. The molecule has 2 aromatic carbocycles. The van der Waals surface area contributed by atoms with Crippen molar-refractivity contribution in [2.45, 2.75) is 62.3 Å². The van der Waals surface area contributed by atoms with Crippen LogP contribution in [-0.2, 0) is 5.54 Å². The molecule has 2 aromatic heterocycles. The van der Waals surface area contributed by atoms with Crippen molar-refractivity contribution in [3.8, 4) is 16.9 Å². The van der Waals surface area contributed by atoms with Crippen LogP contribution in [0.4, 0.5) is 13.2 Å². The smallest absolute Gasteiger partial charge is 0.387 e. The lowest BCUT2D eigenvalue weighted by molar-refractivity contribution is -0.0764. The monoisotopic (exact) mass is 534 g/mol. The summed E-state index contributed by atoms with van der Waals surface area (Å²) in [7, 11) is 0. The van der Waals surface area contributed by atoms with Gasteiger partial charge in [-0.3, -0.25) is 9.78 Å². The molecule has 39 heavy (non-hydrogen) atoms. The van der Waals surface area contributed by atoms with Gasteiger partial charge in [0.15, 0.2) is 5.78 Å². The highest BCUT2D eigenvalue weighted by Crippen LogP contribution is 2.51. The van der Waals surface area contributed by atoms with Gasteiger partial charge in [-0.05, 0) is 56.0 Å². The lowest BCUT2D eigenvalue weighted by atomic mass is 9.64. The van der Waals surface area contributed by atoms with E-state index in [0.717, 1.165) is 11.3 Å². The van der Waals surface area contributed by atoms with E-state index in [1.165, 1.54) is 12.1 Å². The van der Waals surface area contributed by atoms with Crippen molar-refractivity contribution in [3.63, 3.8) is 0 Å². The molecular formula is C29H25F3N4O3. The lowest BCUT2D eigenvalue weighted by Gasteiger charge is -2.48. The Kier molecular flexibility index (Phi) is 5.06. The van der Waals surface area contributed by atoms with Crippen molar-refractivity contribution >= 4 is 16.8 Å². The number of halogens is 3. The third kappa shape index (κ3) is 3.69. The van der Waals surface area contributed by atoms with E-state index in [4.69, 9.17) is 15.5 Å². The van der Waals surface area contributed by atoms with E-state index in [1.54, 1.807) is 25.3 Å². The number of alkyl halides is 2. The van der Waals surface area contributed by atoms with Gasteiger partial charge in [-0.15, -0.1) is 0 Å². The van der Waals surface area contributed by atoms with Crippen molar-refractivity contribution in [2.24, 2.45) is 5.73 Å². The fraction of sp³-hybridized carbons (Fsp3) is 0.345. The van der Waals surface area contributed by atoms with Gasteiger partial charge in [0.1, 0.15) is 17.4 Å². The molecule has 0 saturated heterocycles. The van der Waals surface area contributed by atoms with Crippen LogP contribution in [0.25, 0.3) is 22.2 Å². The fourth-order valence-corrected chi connectivity index (χ4v) is 6.91. The van der Waals surface area contributed by atoms with Crippen LogP contribution in [0.2, 0.25) is 0 Å². The predicted molar refractivity (Wildman–Crippen MR) is 136 cm³/mol. The van der Waals surface area contributed by atoms with Crippen LogP contribution in [-0.4, -0.2) is 37.6 Å². The highest BCUT2D eigenvalue weighted by molar-refractivity contribution is 6.00. The Morgan fingerprint density at radius 3 is 2.69 bits per heavy atom. The first-order chi connectivity index (χ1) is 18.5. The Labute approximate surface area is 221 Å². The Morgan fingerprint density at radius 2 is 1.97 bits per heavy atom. The molecule has 1 fully saturated rings. The lowest BCUT2D eigenvalue weighted by Crippen LogP contribution is -2.59. The van der Waals surface area contributed by atoms with Crippen LogP contribution >= 0.6 is 0 Å². The molecule has 200 valence electrons. The van der Waals surface area contributed by atoms with Crippen molar-refractivity contribution in [2.75, 3.05) is 0 Å². The minimum absolute atomic E-state index is 0.0140. The highest BCUT2D eigenvalue weighted by Gasteiger charge is 2.51. The standard InChI is InChI=1S/C29H25F3N4O3/c1-28(38)12-29(33,13-28)25-18(30)7-16(11-34-25)14-5-6-19-20(8-14)36-21-9-15(26(36)35-19)10-22(37)17-3-2-4-23(24(17)21)39-27(31)32/h2-8,11,15,21,27,38H,9-10,12-13,33H2,1H3/t15-,21+,28?,29?/m0/s1. The largest absolute Gasteiger partial charge is 0.434 e. The number of aromatic nitrogens is 3. The van der Waals surface area contributed by atoms with E-state index in [-0.39, 0.29) is 42.4 Å². The molecule has 3 aliphatic rings. The van der Waals surface area contributed by atoms with Gasteiger partial charge in [-0.2, -0.15) is 8.78 Å². The minimum Gasteiger partial charge on any atom is -0.434 e. The average molecular weight is 535 g/mol. The molecule has 0 amide bonds. The quantitative estimate of drug-likeness (QED) is 0.373. The third-order valence-electron chi connectivity index (χ3n) is 8.29. The van der Waals surface area contributed by atoms with Crippen LogP contribution in [0.1, 0.15) is 72.0 Å².